The minimum absolute atomic E-state index is 0.0324. The van der Waals surface area contributed by atoms with Crippen molar-refractivity contribution in [2.45, 2.75) is 96.9 Å². The van der Waals surface area contributed by atoms with Gasteiger partial charge in [0.1, 0.15) is 51.5 Å². The van der Waals surface area contributed by atoms with Gasteiger partial charge in [-0.3, -0.25) is 48.5 Å². The highest BCUT2D eigenvalue weighted by Gasteiger charge is 2.31. The number of piperidine rings is 5. The molecule has 0 spiro atoms. The summed E-state index contributed by atoms with van der Waals surface area (Å²) >= 11 is 6.29. The number of methoxy groups -OCH3 is 3. The summed E-state index contributed by atoms with van der Waals surface area (Å²) in [7, 11) is 14.6. The van der Waals surface area contributed by atoms with Crippen LogP contribution in [0.1, 0.15) is 144 Å². The second kappa shape index (κ2) is 50.1. The van der Waals surface area contributed by atoms with E-state index in [0.717, 1.165) is 271 Å². The number of fused-ring (bicyclic) bond motifs is 5. The highest BCUT2D eigenvalue weighted by molar-refractivity contribution is 6.31. The molecular formula is C118H139ClFN15O8. The van der Waals surface area contributed by atoms with Gasteiger partial charge in [0, 0.05) is 171 Å². The number of para-hydroxylation sites is 6. The molecule has 0 aliphatic carbocycles. The Labute approximate surface area is 845 Å². The predicted molar refractivity (Wildman–Crippen MR) is 573 cm³/mol. The fourth-order valence-corrected chi connectivity index (χ4v) is 21.0. The van der Waals surface area contributed by atoms with Gasteiger partial charge >= 0.3 is 0 Å². The van der Waals surface area contributed by atoms with E-state index in [1.807, 2.05) is 278 Å². The van der Waals surface area contributed by atoms with Crippen molar-refractivity contribution in [3.8, 4) is 17.2 Å². The molecule has 143 heavy (non-hydrogen) atoms. The van der Waals surface area contributed by atoms with E-state index in [4.69, 9.17) is 25.8 Å². The molecule has 0 atom stereocenters. The molecule has 5 aliphatic rings. The lowest BCUT2D eigenvalue weighted by atomic mass is 9.95. The summed E-state index contributed by atoms with van der Waals surface area (Å²) < 4.78 is 29.9. The topological polar surface area (TPSA) is 224 Å². The van der Waals surface area contributed by atoms with Crippen molar-refractivity contribution in [3.05, 3.63) is 340 Å². The number of rotatable bonds is 28. The number of benzene rings is 10. The van der Waals surface area contributed by atoms with Crippen LogP contribution in [0.25, 0.3) is 54.5 Å². The predicted octanol–water partition coefficient (Wildman–Crippen LogP) is 21.6. The van der Waals surface area contributed by atoms with Crippen LogP contribution in [0.15, 0.2) is 273 Å². The Morgan fingerprint density at radius 2 is 0.559 bits per heavy atom. The highest BCUT2D eigenvalue weighted by Crippen LogP contribution is 2.32. The maximum atomic E-state index is 13.8. The Bertz CT molecular complexity index is 6340. The Hall–Kier alpha value is -13.3. The van der Waals surface area contributed by atoms with Crippen LogP contribution >= 0.6 is 11.6 Å². The Kier molecular flexibility index (Phi) is 35.9. The van der Waals surface area contributed by atoms with Crippen LogP contribution in [0.3, 0.4) is 0 Å². The van der Waals surface area contributed by atoms with Crippen LogP contribution in [0, 0.1) is 35.4 Å². The van der Waals surface area contributed by atoms with Gasteiger partial charge in [0.2, 0.25) is 0 Å². The number of hydrogen-bond acceptors (Lipinski definition) is 13. The Balaban J connectivity index is 0.000000128. The number of carbonyl (C=O) groups is 5. The summed E-state index contributed by atoms with van der Waals surface area (Å²) in [6, 6.07) is 89.6. The van der Waals surface area contributed by atoms with Crippen LogP contribution in [0.5, 0.6) is 17.2 Å². The van der Waals surface area contributed by atoms with Crippen LogP contribution < -0.4 is 14.2 Å². The van der Waals surface area contributed by atoms with Crippen LogP contribution in [0.2, 0.25) is 5.02 Å². The van der Waals surface area contributed by atoms with Gasteiger partial charge in [-0.05, 0) is 279 Å². The van der Waals surface area contributed by atoms with Crippen molar-refractivity contribution in [1.29, 1.82) is 0 Å². The van der Waals surface area contributed by atoms with E-state index >= 15 is 0 Å². The first kappa shape index (κ1) is 103. The van der Waals surface area contributed by atoms with E-state index in [2.05, 4.69) is 91.9 Å². The molecule has 5 N–H and O–H groups in total. The van der Waals surface area contributed by atoms with Crippen molar-refractivity contribution in [3.63, 3.8) is 0 Å². The lowest BCUT2D eigenvalue weighted by Gasteiger charge is -2.34. The molecule has 5 aromatic heterocycles. The van der Waals surface area contributed by atoms with E-state index in [1.165, 1.54) is 28.3 Å². The minimum atomic E-state index is -0.131. The molecule has 5 amide bonds. The molecule has 0 unspecified atom stereocenters. The average molecular weight is 1950 g/mol. The molecule has 23 nitrogen and oxygen atoms in total. The van der Waals surface area contributed by atoms with E-state index in [9.17, 15) is 28.4 Å². The number of nitrogens with zero attached hydrogens (tertiary/aromatic N) is 10. The number of ether oxygens (including phenoxy) is 3. The fourth-order valence-electron chi connectivity index (χ4n) is 20.8. The summed E-state index contributed by atoms with van der Waals surface area (Å²) in [4.78, 5) is 102. The normalized spacial score (nSPS) is 15.6. The van der Waals surface area contributed by atoms with E-state index < -0.39 is 0 Å². The smallest absolute Gasteiger partial charge is 0.270 e. The van der Waals surface area contributed by atoms with Crippen molar-refractivity contribution in [1.82, 2.24) is 73.9 Å². The summed E-state index contributed by atoms with van der Waals surface area (Å²) in [5, 5.41) is 6.21. The van der Waals surface area contributed by atoms with Gasteiger partial charge in [0.25, 0.3) is 29.5 Å². The molecular weight excluding hydrogens is 1810 g/mol. The van der Waals surface area contributed by atoms with Crippen LogP contribution in [-0.2, 0) is 32.7 Å². The van der Waals surface area contributed by atoms with E-state index in [1.54, 1.807) is 27.4 Å². The number of aromatic amines is 5. The van der Waals surface area contributed by atoms with Gasteiger partial charge in [-0.2, -0.15) is 0 Å². The molecule has 15 aromatic rings. The second-order valence-electron chi connectivity index (χ2n) is 39.6. The van der Waals surface area contributed by atoms with Crippen molar-refractivity contribution in [2.24, 2.45) is 29.6 Å². The van der Waals surface area contributed by atoms with Crippen LogP contribution in [-0.4, -0.2) is 258 Å². The molecule has 5 saturated heterocycles. The monoisotopic (exact) mass is 1950 g/mol. The van der Waals surface area contributed by atoms with Crippen molar-refractivity contribution >= 4 is 95.7 Å². The number of H-pyrrole nitrogens is 5. The zero-order chi connectivity index (χ0) is 99.7. The van der Waals surface area contributed by atoms with E-state index in [-0.39, 0.29) is 35.4 Å². The molecule has 10 heterocycles. The highest BCUT2D eigenvalue weighted by atomic mass is 35.5. The van der Waals surface area contributed by atoms with E-state index in [0.29, 0.717) is 64.6 Å². The molecule has 25 heteroatoms. The lowest BCUT2D eigenvalue weighted by Crippen LogP contribution is -2.39. The maximum absolute atomic E-state index is 13.8. The zero-order valence-corrected chi connectivity index (χ0v) is 84.8. The fraction of sp³-hybridized carbons (Fsp3) is 0.364. The molecule has 5 fully saturated rings. The first-order valence-corrected chi connectivity index (χ1v) is 51.1. The van der Waals surface area contributed by atoms with Gasteiger partial charge in [-0.25, -0.2) is 4.39 Å². The molecule has 5 aliphatic heterocycles. The van der Waals surface area contributed by atoms with Gasteiger partial charge in [0.05, 0.1) is 21.3 Å². The zero-order valence-electron chi connectivity index (χ0n) is 84.1. The molecule has 0 radical (unpaired) electrons. The third-order valence-corrected chi connectivity index (χ3v) is 29.5. The number of nitrogens with one attached hydrogen (secondary N) is 5. The summed E-state index contributed by atoms with van der Waals surface area (Å²) in [5.41, 5.74) is 14.1. The Morgan fingerprint density at radius 1 is 0.287 bits per heavy atom. The molecule has 0 saturated carbocycles. The van der Waals surface area contributed by atoms with Crippen LogP contribution in [0.4, 0.5) is 4.39 Å². The largest absolute Gasteiger partial charge is 0.497 e. The van der Waals surface area contributed by atoms with Crippen molar-refractivity contribution in [2.75, 3.05) is 155 Å². The number of amides is 5. The SMILES string of the molecule is CN(CC1CCN(Cc2ccccc2Cl)CC1)C(=O)c1cc2ccccc2[nH]1.CN(CC1CCN(Cc2ccccc2F)CC1)C(=O)c1cc2ccccc2[nH]1.COc1ccc(CN2CCC(CN(C)C(=O)c3cc4ccccc4[nH]3)CC2)cc1.COc1cccc(CN2CCC(CN(C)C(=O)c3cc4ccccc4[nH]3)CC2)c1.COc1ccccc1CN1CCC(CN(C)C(=O)c2cc3ccccc3[nH]2)CC1. The third kappa shape index (κ3) is 28.2. The van der Waals surface area contributed by atoms with Gasteiger partial charge in [-0.15, -0.1) is 0 Å². The Morgan fingerprint density at radius 3 is 0.874 bits per heavy atom. The number of halogens is 2. The first-order chi connectivity index (χ1) is 69.6. The lowest BCUT2D eigenvalue weighted by molar-refractivity contribution is 0.0726. The molecule has 0 bridgehead atoms. The van der Waals surface area contributed by atoms with Crippen molar-refractivity contribution < 1.29 is 42.6 Å². The second-order valence-corrected chi connectivity index (χ2v) is 40.0. The molecule has 10 aromatic carbocycles. The quantitative estimate of drug-likeness (QED) is 0.0308. The first-order valence-electron chi connectivity index (χ1n) is 50.7. The van der Waals surface area contributed by atoms with Gasteiger partial charge in [-0.1, -0.05) is 181 Å². The number of hydrogen-bond donors (Lipinski definition) is 5. The molecule has 748 valence electrons. The number of aromatic nitrogens is 5. The standard InChI is InChI=1S/3C24H29N3O2.C23H26ClN3O.C23H26FN3O/c1-26(24(28)22-15-19-7-3-5-9-21(19)25-22)16-18-11-13-27(14-12-18)17-20-8-4-6-10-23(20)29-2;1-26(24(28)23-15-20-7-3-4-9-22(20)25-23)16-18-10-12-27(13-11-18)17-19-6-5-8-21(14-19)29-2;1-26(24(28)23-15-20-5-3-4-6-22(20)25-23)16-19-11-13-27(14-12-19)17-18-7-9-21(29-2)10-8-18;2*1-26(23(28)22-14-18-6-3-5-9-21(18)25-22)15-17-10-12-27(13-11-17)16-19-7-2-4-8-20(19)24/h3-10,15,18,25H,11-14,16-17H2,1-2H3;3-9,14-15,18,25H,10-13,16-17H2,1-2H3;3-10,15,19,25H,11-14,16-17H2,1-2H3;2*2-9,14,17,25H,10-13,15-16H2,1H3. The summed E-state index contributed by atoms with van der Waals surface area (Å²) in [5.74, 6) is 5.61. The minimum Gasteiger partial charge on any atom is -0.497 e. The van der Waals surface area contributed by atoms with Gasteiger partial charge < -0.3 is 63.6 Å². The summed E-state index contributed by atoms with van der Waals surface area (Å²) in [6.45, 7) is 18.7. The number of likely N-dealkylation sites (tertiary alicyclic amines) is 5. The average Bonchev–Trinajstić information content (AvgIpc) is 1.68. The molecule has 20 rings (SSSR count). The number of carbonyl (C=O) groups excluding carboxylic acids is 5. The van der Waals surface area contributed by atoms with Gasteiger partial charge in [0.15, 0.2) is 0 Å². The summed E-state index contributed by atoms with van der Waals surface area (Å²) in [6.07, 6.45) is 11.0. The maximum Gasteiger partial charge on any atom is 0.270 e. The third-order valence-electron chi connectivity index (χ3n) is 29.1.